The van der Waals surface area contributed by atoms with Crippen molar-refractivity contribution in [2.45, 2.75) is 45.3 Å². The molecule has 1 atom stereocenters. The Morgan fingerprint density at radius 2 is 1.74 bits per heavy atom. The molecule has 2 heterocycles. The van der Waals surface area contributed by atoms with Crippen LogP contribution in [-0.2, 0) is 24.3 Å². The standard InChI is InChI=1S/C27H31N5O3/c1-19-11-13-21(14-12-19)17-29-26(35)27(2)18-32-23(25(34)31(27)3)16-22(30-32)24(33)28-15-7-10-20-8-5-4-6-9-20/h4-6,8-9,11-14,16H,7,10,15,17-18H2,1-3H3,(H,28,33)(H,29,35)/t27-/m1/s1. The van der Waals surface area contributed by atoms with Crippen molar-refractivity contribution < 1.29 is 14.4 Å². The molecule has 2 aromatic carbocycles. The molecule has 1 aliphatic heterocycles. The van der Waals surface area contributed by atoms with Gasteiger partial charge in [-0.25, -0.2) is 0 Å². The van der Waals surface area contributed by atoms with E-state index in [9.17, 15) is 14.4 Å². The molecule has 1 aliphatic rings. The number of rotatable bonds is 8. The zero-order chi connectivity index (χ0) is 25.0. The summed E-state index contributed by atoms with van der Waals surface area (Å²) in [5.74, 6) is -0.956. The van der Waals surface area contributed by atoms with Gasteiger partial charge >= 0.3 is 0 Å². The Morgan fingerprint density at radius 1 is 1.03 bits per heavy atom. The van der Waals surface area contributed by atoms with Gasteiger partial charge in [-0.15, -0.1) is 0 Å². The van der Waals surface area contributed by atoms with Crippen molar-refractivity contribution in [3.05, 3.63) is 88.7 Å². The number of benzene rings is 2. The third kappa shape index (κ3) is 5.26. The van der Waals surface area contributed by atoms with Gasteiger partial charge in [0, 0.05) is 26.2 Å². The third-order valence-electron chi connectivity index (χ3n) is 6.57. The van der Waals surface area contributed by atoms with E-state index < -0.39 is 5.54 Å². The van der Waals surface area contributed by atoms with Crippen molar-refractivity contribution in [1.29, 1.82) is 0 Å². The van der Waals surface area contributed by atoms with E-state index in [1.54, 1.807) is 14.0 Å². The number of carbonyl (C=O) groups is 3. The highest BCUT2D eigenvalue weighted by Gasteiger charge is 2.46. The summed E-state index contributed by atoms with van der Waals surface area (Å²) in [7, 11) is 1.60. The van der Waals surface area contributed by atoms with Crippen molar-refractivity contribution in [2.75, 3.05) is 13.6 Å². The lowest BCUT2D eigenvalue weighted by atomic mass is 9.95. The van der Waals surface area contributed by atoms with Crippen molar-refractivity contribution >= 4 is 17.7 Å². The quantitative estimate of drug-likeness (QED) is 0.492. The zero-order valence-electron chi connectivity index (χ0n) is 20.4. The Kier molecular flexibility index (Phi) is 7.00. The van der Waals surface area contributed by atoms with Gasteiger partial charge in [-0.3, -0.25) is 19.1 Å². The molecule has 8 nitrogen and oxygen atoms in total. The zero-order valence-corrected chi connectivity index (χ0v) is 20.4. The molecular weight excluding hydrogens is 442 g/mol. The van der Waals surface area contributed by atoms with Crippen LogP contribution < -0.4 is 10.6 Å². The second-order valence-corrected chi connectivity index (χ2v) is 9.22. The first-order chi connectivity index (χ1) is 16.8. The lowest BCUT2D eigenvalue weighted by Crippen LogP contribution is -2.62. The van der Waals surface area contributed by atoms with Gasteiger partial charge < -0.3 is 15.5 Å². The summed E-state index contributed by atoms with van der Waals surface area (Å²) in [5, 5.41) is 10.2. The molecule has 35 heavy (non-hydrogen) atoms. The van der Waals surface area contributed by atoms with E-state index in [1.165, 1.54) is 21.2 Å². The summed E-state index contributed by atoms with van der Waals surface area (Å²) < 4.78 is 1.46. The molecule has 8 heteroatoms. The number of hydrogen-bond acceptors (Lipinski definition) is 4. The molecule has 0 saturated heterocycles. The van der Waals surface area contributed by atoms with Gasteiger partial charge in [-0.05, 0) is 37.8 Å². The fraction of sp³-hybridized carbons (Fsp3) is 0.333. The van der Waals surface area contributed by atoms with Gasteiger partial charge in [0.1, 0.15) is 11.2 Å². The Morgan fingerprint density at radius 3 is 2.46 bits per heavy atom. The highest BCUT2D eigenvalue weighted by molar-refractivity contribution is 6.01. The number of nitrogens with zero attached hydrogens (tertiary/aromatic N) is 3. The van der Waals surface area contributed by atoms with Crippen LogP contribution in [0, 0.1) is 6.92 Å². The number of fused-ring (bicyclic) bond motifs is 1. The van der Waals surface area contributed by atoms with E-state index in [4.69, 9.17) is 0 Å². The molecule has 0 bridgehead atoms. The highest BCUT2D eigenvalue weighted by atomic mass is 16.2. The summed E-state index contributed by atoms with van der Waals surface area (Å²) in [4.78, 5) is 40.3. The first-order valence-electron chi connectivity index (χ1n) is 11.8. The van der Waals surface area contributed by atoms with Crippen molar-refractivity contribution in [3.8, 4) is 0 Å². The highest BCUT2D eigenvalue weighted by Crippen LogP contribution is 2.26. The largest absolute Gasteiger partial charge is 0.351 e. The van der Waals surface area contributed by atoms with Crippen molar-refractivity contribution in [1.82, 2.24) is 25.3 Å². The van der Waals surface area contributed by atoms with Crippen LogP contribution in [0.2, 0.25) is 0 Å². The third-order valence-corrected chi connectivity index (χ3v) is 6.57. The first-order valence-corrected chi connectivity index (χ1v) is 11.8. The lowest BCUT2D eigenvalue weighted by Gasteiger charge is -2.40. The molecule has 0 saturated carbocycles. The molecule has 0 spiro atoms. The van der Waals surface area contributed by atoms with E-state index >= 15 is 0 Å². The predicted molar refractivity (Wildman–Crippen MR) is 133 cm³/mol. The second kappa shape index (κ2) is 10.1. The molecule has 3 amide bonds. The maximum atomic E-state index is 13.1. The SMILES string of the molecule is Cc1ccc(CNC(=O)[C@@]2(C)Cn3nc(C(=O)NCCCc4ccccc4)cc3C(=O)N2C)cc1. The maximum absolute atomic E-state index is 13.1. The van der Waals surface area contributed by atoms with Crippen LogP contribution in [-0.4, -0.2) is 51.5 Å². The molecule has 1 aromatic heterocycles. The normalized spacial score (nSPS) is 17.1. The van der Waals surface area contributed by atoms with E-state index in [-0.39, 0.29) is 30.0 Å². The predicted octanol–water partition coefficient (Wildman–Crippen LogP) is 2.71. The van der Waals surface area contributed by atoms with Crippen LogP contribution in [0.25, 0.3) is 0 Å². The van der Waals surface area contributed by atoms with Gasteiger partial charge in [0.2, 0.25) is 5.91 Å². The minimum Gasteiger partial charge on any atom is -0.351 e. The minimum absolute atomic E-state index is 0.158. The number of nitrogens with one attached hydrogen (secondary N) is 2. The summed E-state index contributed by atoms with van der Waals surface area (Å²) in [6.07, 6.45) is 1.66. The Hall–Kier alpha value is -3.94. The van der Waals surface area contributed by atoms with Gasteiger partial charge in [0.15, 0.2) is 5.69 Å². The molecule has 2 N–H and O–H groups in total. The van der Waals surface area contributed by atoms with Crippen molar-refractivity contribution in [3.63, 3.8) is 0 Å². The van der Waals surface area contributed by atoms with Crippen LogP contribution in [0.5, 0.6) is 0 Å². The Bertz CT molecular complexity index is 1220. The van der Waals surface area contributed by atoms with Crippen molar-refractivity contribution in [2.24, 2.45) is 0 Å². The summed E-state index contributed by atoms with van der Waals surface area (Å²) in [5.41, 5.74) is 2.67. The van der Waals surface area contributed by atoms with Crippen LogP contribution in [0.1, 0.15) is 51.0 Å². The number of hydrogen-bond donors (Lipinski definition) is 2. The number of likely N-dealkylation sites (N-methyl/N-ethyl adjacent to an activating group) is 1. The number of aromatic nitrogens is 2. The lowest BCUT2D eigenvalue weighted by molar-refractivity contribution is -0.132. The van der Waals surface area contributed by atoms with E-state index in [0.29, 0.717) is 18.8 Å². The first kappa shape index (κ1) is 24.2. The monoisotopic (exact) mass is 473 g/mol. The fourth-order valence-corrected chi connectivity index (χ4v) is 4.15. The number of amides is 3. The minimum atomic E-state index is -1.13. The smallest absolute Gasteiger partial charge is 0.272 e. The Balaban J connectivity index is 1.38. The molecule has 0 fully saturated rings. The van der Waals surface area contributed by atoms with Gasteiger partial charge in [-0.2, -0.15) is 5.10 Å². The van der Waals surface area contributed by atoms with Crippen LogP contribution in [0.15, 0.2) is 60.7 Å². The number of carbonyl (C=O) groups excluding carboxylic acids is 3. The summed E-state index contributed by atoms with van der Waals surface area (Å²) in [6.45, 7) is 4.74. The molecule has 4 rings (SSSR count). The van der Waals surface area contributed by atoms with Gasteiger partial charge in [0.05, 0.1) is 6.54 Å². The molecule has 182 valence electrons. The average Bonchev–Trinajstić information content (AvgIpc) is 3.29. The molecule has 0 radical (unpaired) electrons. The molecule has 3 aromatic rings. The van der Waals surface area contributed by atoms with E-state index in [1.807, 2.05) is 49.4 Å². The molecule has 0 unspecified atom stereocenters. The summed E-state index contributed by atoms with van der Waals surface area (Å²) >= 11 is 0. The van der Waals surface area contributed by atoms with Crippen LogP contribution >= 0.6 is 0 Å². The second-order valence-electron chi connectivity index (χ2n) is 9.22. The van der Waals surface area contributed by atoms with E-state index in [0.717, 1.165) is 24.0 Å². The van der Waals surface area contributed by atoms with E-state index in [2.05, 4.69) is 27.9 Å². The maximum Gasteiger partial charge on any atom is 0.272 e. The Labute approximate surface area is 205 Å². The van der Waals surface area contributed by atoms with Crippen LogP contribution in [0.3, 0.4) is 0 Å². The van der Waals surface area contributed by atoms with Crippen LogP contribution in [0.4, 0.5) is 0 Å². The summed E-state index contributed by atoms with van der Waals surface area (Å²) in [6, 6.07) is 19.5. The van der Waals surface area contributed by atoms with Gasteiger partial charge in [-0.1, -0.05) is 60.2 Å². The molecule has 0 aliphatic carbocycles. The topological polar surface area (TPSA) is 96.3 Å². The van der Waals surface area contributed by atoms with Gasteiger partial charge in [0.25, 0.3) is 11.8 Å². The average molecular weight is 474 g/mol. The fourth-order valence-electron chi connectivity index (χ4n) is 4.15. The number of aryl methyl sites for hydroxylation is 2. The molecular formula is C27H31N5O3.